The number of hydrogen-bond donors (Lipinski definition) is 1. The minimum atomic E-state index is -3.70. The molecule has 0 spiro atoms. The molecule has 0 atom stereocenters. The second-order valence-electron chi connectivity index (χ2n) is 6.57. The van der Waals surface area contributed by atoms with E-state index in [9.17, 15) is 22.4 Å². The summed E-state index contributed by atoms with van der Waals surface area (Å²) in [6.07, 6.45) is 1.10. The molecule has 0 bridgehead atoms. The molecule has 0 aliphatic carbocycles. The minimum absolute atomic E-state index is 0.00190. The van der Waals surface area contributed by atoms with Crippen LogP contribution in [0.4, 0.5) is 10.2 Å². The molecule has 2 heterocycles. The van der Waals surface area contributed by atoms with E-state index in [0.29, 0.717) is 5.56 Å². The van der Waals surface area contributed by atoms with E-state index in [2.05, 4.69) is 4.98 Å². The first-order valence-electron chi connectivity index (χ1n) is 8.44. The molecular weight excluding hydrogens is 401 g/mol. The summed E-state index contributed by atoms with van der Waals surface area (Å²) in [6.45, 7) is 1.26. The highest BCUT2D eigenvalue weighted by atomic mass is 32.2. The molecule has 0 radical (unpaired) electrons. The van der Waals surface area contributed by atoms with Crippen LogP contribution in [0.15, 0.2) is 34.7 Å². The summed E-state index contributed by atoms with van der Waals surface area (Å²) in [6, 6.07) is 6.95. The topological polar surface area (TPSA) is 124 Å². The Hall–Kier alpha value is -3.27. The molecule has 2 aromatic heterocycles. The van der Waals surface area contributed by atoms with E-state index in [1.54, 1.807) is 0 Å². The van der Waals surface area contributed by atoms with E-state index in [1.165, 1.54) is 44.3 Å². The van der Waals surface area contributed by atoms with Gasteiger partial charge in [0.2, 0.25) is 15.7 Å². The van der Waals surface area contributed by atoms with E-state index >= 15 is 0 Å². The lowest BCUT2D eigenvalue weighted by atomic mass is 10.0. The Labute approximate surface area is 166 Å². The highest BCUT2D eigenvalue weighted by Gasteiger charge is 2.26. The number of halogens is 1. The predicted molar refractivity (Wildman–Crippen MR) is 105 cm³/mol. The van der Waals surface area contributed by atoms with Gasteiger partial charge in [-0.15, -0.1) is 0 Å². The van der Waals surface area contributed by atoms with Crippen LogP contribution < -0.4 is 10.0 Å². The van der Waals surface area contributed by atoms with Crippen LogP contribution in [0.25, 0.3) is 11.1 Å². The van der Waals surface area contributed by atoms with E-state index in [4.69, 9.17) is 10.2 Å². The van der Waals surface area contributed by atoms with Crippen molar-refractivity contribution in [1.29, 1.82) is 0 Å². The van der Waals surface area contributed by atoms with Crippen LogP contribution in [0.3, 0.4) is 0 Å². The molecule has 29 heavy (non-hydrogen) atoms. The van der Waals surface area contributed by atoms with Crippen molar-refractivity contribution in [1.82, 2.24) is 4.98 Å². The summed E-state index contributed by atoms with van der Waals surface area (Å²) in [5, 5.41) is 0.200. The molecule has 3 rings (SSSR count). The Bertz CT molecular complexity index is 1230. The standard InChI is InChI=1S/C19H18FN3O5S/c1-10(24)13-9-14-16(17(21)25)15(8-11-4-6-12(20)7-5-11)28-19(14)22-18(13)23(2)29(3,26)27/h4-7,9H,8H2,1-3H3,(H2,21,25). The fraction of sp³-hybridized carbons (Fsp3) is 0.211. The Balaban J connectivity index is 2.24. The number of furan rings is 1. The highest BCUT2D eigenvalue weighted by molar-refractivity contribution is 7.92. The highest BCUT2D eigenvalue weighted by Crippen LogP contribution is 2.31. The van der Waals surface area contributed by atoms with Crippen LogP contribution in [0.5, 0.6) is 0 Å². The van der Waals surface area contributed by atoms with Gasteiger partial charge in [-0.3, -0.25) is 13.9 Å². The summed E-state index contributed by atoms with van der Waals surface area (Å²) in [5.41, 5.74) is 6.18. The molecule has 10 heteroatoms. The number of nitrogens with two attached hydrogens (primary N) is 1. The maximum absolute atomic E-state index is 13.1. The van der Waals surface area contributed by atoms with Gasteiger partial charge in [-0.25, -0.2) is 12.8 Å². The monoisotopic (exact) mass is 419 g/mol. The van der Waals surface area contributed by atoms with E-state index in [-0.39, 0.29) is 40.2 Å². The number of carbonyl (C=O) groups excluding carboxylic acids is 2. The third-order valence-electron chi connectivity index (χ3n) is 4.43. The average Bonchev–Trinajstić information content (AvgIpc) is 2.98. The number of benzene rings is 1. The smallest absolute Gasteiger partial charge is 0.252 e. The number of rotatable bonds is 6. The number of sulfonamides is 1. The van der Waals surface area contributed by atoms with Crippen molar-refractivity contribution in [3.05, 3.63) is 58.6 Å². The fourth-order valence-corrected chi connectivity index (χ4v) is 3.35. The summed E-state index contributed by atoms with van der Waals surface area (Å²) in [4.78, 5) is 28.4. The number of primary amides is 1. The number of pyridine rings is 1. The van der Waals surface area contributed by atoms with Gasteiger partial charge in [0.1, 0.15) is 11.6 Å². The number of aromatic nitrogens is 1. The van der Waals surface area contributed by atoms with Gasteiger partial charge in [0.15, 0.2) is 11.6 Å². The van der Waals surface area contributed by atoms with Crippen molar-refractivity contribution in [2.45, 2.75) is 13.3 Å². The third kappa shape index (κ3) is 3.97. The van der Waals surface area contributed by atoms with Gasteiger partial charge in [0, 0.05) is 13.5 Å². The molecule has 0 fully saturated rings. The molecule has 152 valence electrons. The van der Waals surface area contributed by atoms with E-state index in [1.807, 2.05) is 0 Å². The van der Waals surface area contributed by atoms with Gasteiger partial charge in [-0.2, -0.15) is 4.98 Å². The lowest BCUT2D eigenvalue weighted by molar-refractivity contribution is 0.0995. The largest absolute Gasteiger partial charge is 0.441 e. The average molecular weight is 419 g/mol. The second kappa shape index (κ2) is 7.28. The zero-order valence-electron chi connectivity index (χ0n) is 15.9. The Morgan fingerprint density at radius 1 is 1.24 bits per heavy atom. The van der Waals surface area contributed by atoms with Crippen LogP contribution in [0.1, 0.15) is 39.0 Å². The minimum Gasteiger partial charge on any atom is -0.441 e. The zero-order chi connectivity index (χ0) is 21.5. The van der Waals surface area contributed by atoms with Crippen LogP contribution in [0, 0.1) is 5.82 Å². The molecule has 8 nitrogen and oxygen atoms in total. The predicted octanol–water partition coefficient (Wildman–Crippen LogP) is 2.26. The van der Waals surface area contributed by atoms with Gasteiger partial charge in [-0.05, 0) is 30.7 Å². The van der Waals surface area contributed by atoms with Gasteiger partial charge >= 0.3 is 0 Å². The summed E-state index contributed by atoms with van der Waals surface area (Å²) >= 11 is 0. The van der Waals surface area contributed by atoms with Gasteiger partial charge in [0.25, 0.3) is 5.91 Å². The second-order valence-corrected chi connectivity index (χ2v) is 8.58. The molecule has 2 N–H and O–H groups in total. The van der Waals surface area contributed by atoms with Crippen LogP contribution in [0.2, 0.25) is 0 Å². The normalized spacial score (nSPS) is 11.6. The molecule has 0 saturated heterocycles. The molecule has 0 saturated carbocycles. The lowest BCUT2D eigenvalue weighted by Crippen LogP contribution is -2.27. The Kier molecular flexibility index (Phi) is 5.14. The van der Waals surface area contributed by atoms with Crippen LogP contribution >= 0.6 is 0 Å². The number of fused-ring (bicyclic) bond motifs is 1. The quantitative estimate of drug-likeness (QED) is 0.611. The van der Waals surface area contributed by atoms with Crippen LogP contribution in [-0.2, 0) is 16.4 Å². The first-order chi connectivity index (χ1) is 13.5. The number of hydrogen-bond acceptors (Lipinski definition) is 6. The summed E-state index contributed by atoms with van der Waals surface area (Å²) in [7, 11) is -2.45. The number of carbonyl (C=O) groups is 2. The molecule has 3 aromatic rings. The number of anilines is 1. The van der Waals surface area contributed by atoms with Crippen molar-refractivity contribution in [3.8, 4) is 0 Å². The first kappa shape index (κ1) is 20.5. The van der Waals surface area contributed by atoms with Crippen molar-refractivity contribution in [3.63, 3.8) is 0 Å². The van der Waals surface area contributed by atoms with Crippen molar-refractivity contribution >= 4 is 38.6 Å². The Morgan fingerprint density at radius 3 is 2.38 bits per heavy atom. The molecule has 0 aliphatic heterocycles. The molecule has 1 amide bonds. The van der Waals surface area contributed by atoms with Crippen LogP contribution in [-0.4, -0.2) is 38.4 Å². The summed E-state index contributed by atoms with van der Waals surface area (Å²) in [5.74, 6) is -1.58. The number of nitrogens with zero attached hydrogens (tertiary/aromatic N) is 2. The van der Waals surface area contributed by atoms with E-state index < -0.39 is 27.5 Å². The maximum atomic E-state index is 13.1. The van der Waals surface area contributed by atoms with E-state index in [0.717, 1.165) is 10.6 Å². The van der Waals surface area contributed by atoms with Crippen molar-refractivity contribution < 1.29 is 26.8 Å². The number of ketones is 1. The Morgan fingerprint density at radius 2 is 1.86 bits per heavy atom. The SMILES string of the molecule is CC(=O)c1cc2c(C(N)=O)c(Cc3ccc(F)cc3)oc2nc1N(C)S(C)(=O)=O. The molecule has 0 aliphatic rings. The van der Waals surface area contributed by atoms with Gasteiger partial charge in [-0.1, -0.05) is 12.1 Å². The zero-order valence-corrected chi connectivity index (χ0v) is 16.7. The molecular formula is C19H18FN3O5S. The third-order valence-corrected chi connectivity index (χ3v) is 5.60. The van der Waals surface area contributed by atoms with Gasteiger partial charge in [0.05, 0.1) is 22.8 Å². The van der Waals surface area contributed by atoms with Gasteiger partial charge < -0.3 is 10.2 Å². The summed E-state index contributed by atoms with van der Waals surface area (Å²) < 4.78 is 43.6. The lowest BCUT2D eigenvalue weighted by Gasteiger charge is -2.17. The number of Topliss-reactive ketones (excluding diaryl/α,β-unsaturated/α-hetero) is 1. The molecule has 0 unspecified atom stereocenters. The number of amides is 1. The fourth-order valence-electron chi connectivity index (χ4n) is 2.90. The molecule has 1 aromatic carbocycles. The van der Waals surface area contributed by atoms with Crippen molar-refractivity contribution in [2.75, 3.05) is 17.6 Å². The maximum Gasteiger partial charge on any atom is 0.252 e. The first-order valence-corrected chi connectivity index (χ1v) is 10.3. The van der Waals surface area contributed by atoms with Crippen molar-refractivity contribution in [2.24, 2.45) is 5.73 Å².